The molecule has 0 aromatic carbocycles. The Morgan fingerprint density at radius 3 is 1.83 bits per heavy atom. The Balaban J connectivity index is 3.57. The van der Waals surface area contributed by atoms with Crippen molar-refractivity contribution >= 4 is 21.9 Å². The van der Waals surface area contributed by atoms with Crippen LogP contribution in [0.1, 0.15) is 0 Å². The van der Waals surface area contributed by atoms with E-state index in [4.69, 9.17) is 0 Å². The lowest BCUT2D eigenvalue weighted by Crippen LogP contribution is -1.86. The predicted molar refractivity (Wildman–Crippen MR) is 23.8 cm³/mol. The van der Waals surface area contributed by atoms with Gasteiger partial charge in [-0.25, -0.2) is 9.90 Å². The number of carbonyl (C=O) groups is 1. The fraction of sp³-hybridized carbons (Fsp3) is 0. The monoisotopic (exact) mass is 149 g/mol. The van der Waals surface area contributed by atoms with Gasteiger partial charge >= 0.3 is 5.97 Å². The molecule has 33 valence electrons. The van der Waals surface area contributed by atoms with Gasteiger partial charge in [0, 0.05) is 0 Å². The zero-order valence-electron chi connectivity index (χ0n) is 2.90. The van der Waals surface area contributed by atoms with Gasteiger partial charge in [-0.05, 0) is 15.9 Å². The Morgan fingerprint density at radius 2 is 1.83 bits per heavy atom. The molecule has 2 nitrogen and oxygen atoms in total. The van der Waals surface area contributed by atoms with Crippen molar-refractivity contribution in [3.63, 3.8) is 0 Å². The van der Waals surface area contributed by atoms with E-state index in [1.807, 2.05) is 0 Å². The zero-order valence-corrected chi connectivity index (χ0v) is 4.49. The Morgan fingerprint density at radius 1 is 1.67 bits per heavy atom. The van der Waals surface area contributed by atoms with Crippen molar-refractivity contribution in [1.29, 1.82) is 0 Å². The third-order valence-corrected chi connectivity index (χ3v) is 0.545. The van der Waals surface area contributed by atoms with Gasteiger partial charge in [-0.1, -0.05) is 6.58 Å². The summed E-state index contributed by atoms with van der Waals surface area (Å²) in [5.41, 5.74) is 0. The van der Waals surface area contributed by atoms with Crippen LogP contribution in [0.2, 0.25) is 0 Å². The van der Waals surface area contributed by atoms with Crippen molar-refractivity contribution in [1.82, 2.24) is 0 Å². The Bertz CT molecular complexity index is 74.8. The summed E-state index contributed by atoms with van der Waals surface area (Å²) in [6.07, 6.45) is 0. The summed E-state index contributed by atoms with van der Waals surface area (Å²) in [5, 5.41) is 9.44. The second-order valence-electron chi connectivity index (χ2n) is 0.692. The molecule has 0 heterocycles. The molecule has 0 saturated carbocycles. The van der Waals surface area contributed by atoms with E-state index in [1.54, 1.807) is 0 Å². The summed E-state index contributed by atoms with van der Waals surface area (Å²) in [5.74, 6) is -1.27. The molecule has 0 amide bonds. The van der Waals surface area contributed by atoms with E-state index in [0.29, 0.717) is 0 Å². The van der Waals surface area contributed by atoms with Crippen LogP contribution in [0.15, 0.2) is 11.1 Å². The van der Waals surface area contributed by atoms with Crippen LogP contribution in [0.3, 0.4) is 0 Å². The van der Waals surface area contributed by atoms with Crippen LogP contribution in [-0.4, -0.2) is 5.97 Å². The smallest absolute Gasteiger partial charge is 0.241 e. The molecule has 0 aliphatic carbocycles. The molecule has 6 heavy (non-hydrogen) atoms. The van der Waals surface area contributed by atoms with Crippen molar-refractivity contribution in [2.24, 2.45) is 0 Å². The van der Waals surface area contributed by atoms with Gasteiger partial charge in [0.05, 0.1) is 4.48 Å². The van der Waals surface area contributed by atoms with Gasteiger partial charge in [0.1, 0.15) is 0 Å². The minimum Gasteiger partial charge on any atom is -0.241 e. The van der Waals surface area contributed by atoms with Gasteiger partial charge in [0.15, 0.2) is 0 Å². The van der Waals surface area contributed by atoms with E-state index in [0.717, 1.165) is 0 Å². The number of halogens is 1. The summed E-state index contributed by atoms with van der Waals surface area (Å²) in [6.45, 7) is 3.01. The van der Waals surface area contributed by atoms with E-state index < -0.39 is 5.97 Å². The van der Waals surface area contributed by atoms with Gasteiger partial charge in [-0.15, -0.1) is 0 Å². The van der Waals surface area contributed by atoms with Gasteiger partial charge < -0.3 is 0 Å². The van der Waals surface area contributed by atoms with E-state index in [9.17, 15) is 9.90 Å². The normalized spacial score (nSPS) is 7.50. The lowest BCUT2D eigenvalue weighted by molar-refractivity contribution is -0.137. The van der Waals surface area contributed by atoms with Crippen LogP contribution in [0, 0.1) is 0 Å². The molecule has 0 unspecified atom stereocenters. The highest BCUT2D eigenvalue weighted by Gasteiger charge is 1.97. The predicted octanol–water partition coefficient (Wildman–Crippen LogP) is 0.852. The summed E-state index contributed by atoms with van der Waals surface area (Å²) in [6, 6.07) is 0. The maximum atomic E-state index is 9.44. The highest BCUT2D eigenvalue weighted by molar-refractivity contribution is 9.12. The van der Waals surface area contributed by atoms with E-state index in [-0.39, 0.29) is 4.48 Å². The second kappa shape index (κ2) is 1.97. The second-order valence-corrected chi connectivity index (χ2v) is 1.65. The molecule has 3 heteroatoms. The molecule has 0 aliphatic heterocycles. The summed E-state index contributed by atoms with van der Waals surface area (Å²) in [7, 11) is 0. The van der Waals surface area contributed by atoms with Crippen molar-refractivity contribution in [2.45, 2.75) is 0 Å². The topological polar surface area (TPSA) is 37.0 Å². The highest BCUT2D eigenvalue weighted by Crippen LogP contribution is 1.97. The first kappa shape index (κ1) is 5.69. The van der Waals surface area contributed by atoms with Crippen molar-refractivity contribution in [2.75, 3.05) is 0 Å². The number of hydrogen-bond acceptors (Lipinski definition) is 1. The fourth-order valence-corrected chi connectivity index (χ4v) is 0. The number of rotatable bonds is 1. The Kier molecular flexibility index (Phi) is 1.87. The minimum atomic E-state index is -1.27. The molecular weight excluding hydrogens is 148 g/mol. The average molecular weight is 150 g/mol. The van der Waals surface area contributed by atoms with Crippen molar-refractivity contribution in [3.05, 3.63) is 11.1 Å². The van der Waals surface area contributed by atoms with Crippen molar-refractivity contribution in [3.8, 4) is 0 Å². The van der Waals surface area contributed by atoms with E-state index in [1.165, 1.54) is 0 Å². The third-order valence-electron chi connectivity index (χ3n) is 0.221. The minimum absolute atomic E-state index is 0.123. The third kappa shape index (κ3) is 1.96. The lowest BCUT2D eigenvalue weighted by atomic mass is 10.7. The molecule has 0 saturated heterocycles. The van der Waals surface area contributed by atoms with Crippen LogP contribution in [-0.2, 0) is 9.90 Å². The van der Waals surface area contributed by atoms with Gasteiger partial charge in [-0.3, -0.25) is 0 Å². The van der Waals surface area contributed by atoms with Crippen LogP contribution in [0.4, 0.5) is 0 Å². The molecule has 0 rings (SSSR count). The fourth-order valence-electron chi connectivity index (χ4n) is 0. The maximum absolute atomic E-state index is 9.44. The number of hydrogen-bond donors (Lipinski definition) is 0. The van der Waals surface area contributed by atoms with Gasteiger partial charge in [0.25, 0.3) is 0 Å². The van der Waals surface area contributed by atoms with E-state index >= 15 is 0 Å². The molecule has 0 aromatic heterocycles. The molecule has 0 bridgehead atoms. The summed E-state index contributed by atoms with van der Waals surface area (Å²) < 4.78 is -0.123. The van der Waals surface area contributed by atoms with Crippen LogP contribution in [0.25, 0.3) is 0 Å². The average Bonchev–Trinajstić information content (AvgIpc) is 1.36. The first-order valence-corrected chi connectivity index (χ1v) is 1.99. The lowest BCUT2D eigenvalue weighted by Gasteiger charge is -1.72. The van der Waals surface area contributed by atoms with Gasteiger partial charge in [-0.2, -0.15) is 0 Å². The summed E-state index contributed by atoms with van der Waals surface area (Å²) >= 11 is 2.58. The Labute approximate surface area is 43.6 Å². The van der Waals surface area contributed by atoms with Crippen LogP contribution >= 0.6 is 15.9 Å². The molecular formula is C3H2BrO2. The van der Waals surface area contributed by atoms with Crippen LogP contribution < -0.4 is 0 Å². The molecule has 0 aliphatic rings. The molecule has 0 spiro atoms. The maximum Gasteiger partial charge on any atom is 0.392 e. The van der Waals surface area contributed by atoms with Crippen LogP contribution in [0.5, 0.6) is 0 Å². The molecule has 1 radical (unpaired) electrons. The molecule has 0 fully saturated rings. The SMILES string of the molecule is C=C(Br)C([O])=O. The first-order chi connectivity index (χ1) is 2.64. The zero-order chi connectivity index (χ0) is 5.15. The van der Waals surface area contributed by atoms with Crippen molar-refractivity contribution < 1.29 is 9.90 Å². The Hall–Kier alpha value is -0.310. The highest BCUT2D eigenvalue weighted by atomic mass is 79.9. The van der Waals surface area contributed by atoms with E-state index in [2.05, 4.69) is 22.5 Å². The standard InChI is InChI=1S/C3H2BrO2/c1-2(4)3(5)6/h1H2. The first-order valence-electron chi connectivity index (χ1n) is 1.20. The number of carbonyl (C=O) groups excluding carboxylic acids is 1. The largest absolute Gasteiger partial charge is 0.392 e. The summed E-state index contributed by atoms with van der Waals surface area (Å²) in [4.78, 5) is 9.44. The molecule has 0 aromatic rings. The molecule has 0 N–H and O–H groups in total. The van der Waals surface area contributed by atoms with Gasteiger partial charge in [0.2, 0.25) is 0 Å². The molecule has 0 atom stereocenters. The quantitative estimate of drug-likeness (QED) is 0.510.